The summed E-state index contributed by atoms with van der Waals surface area (Å²) in [6.07, 6.45) is 0. The fourth-order valence-corrected chi connectivity index (χ4v) is 2.56. The van der Waals surface area contributed by atoms with Crippen molar-refractivity contribution in [1.82, 2.24) is 0 Å². The minimum absolute atomic E-state index is 0.149. The zero-order chi connectivity index (χ0) is 15.0. The molecule has 1 aliphatic heterocycles. The van der Waals surface area contributed by atoms with Crippen molar-refractivity contribution in [3.05, 3.63) is 49.5 Å². The standard InChI is InChI=1S/C14H8Cl2INO3/c15-8-3-7(1-2-10(8)17)14(19)18-11-5-13-12(4-9(11)16)20-6-21-13/h1-5H,6H2,(H,18,19). The number of nitrogens with one attached hydrogen (secondary N) is 1. The molecule has 0 unspecified atom stereocenters. The van der Waals surface area contributed by atoms with Gasteiger partial charge in [-0.05, 0) is 40.8 Å². The Labute approximate surface area is 144 Å². The number of carbonyl (C=O) groups is 1. The summed E-state index contributed by atoms with van der Waals surface area (Å²) in [7, 11) is 0. The van der Waals surface area contributed by atoms with Crippen molar-refractivity contribution < 1.29 is 14.3 Å². The molecule has 0 spiro atoms. The molecule has 7 heteroatoms. The van der Waals surface area contributed by atoms with Crippen LogP contribution >= 0.6 is 45.8 Å². The Balaban J connectivity index is 1.86. The van der Waals surface area contributed by atoms with Gasteiger partial charge in [0, 0.05) is 21.3 Å². The number of hydrogen-bond donors (Lipinski definition) is 1. The van der Waals surface area contributed by atoms with Crippen LogP contribution in [0.3, 0.4) is 0 Å². The summed E-state index contributed by atoms with van der Waals surface area (Å²) in [6, 6.07) is 8.33. The minimum Gasteiger partial charge on any atom is -0.454 e. The van der Waals surface area contributed by atoms with Gasteiger partial charge in [0.15, 0.2) is 11.5 Å². The lowest BCUT2D eigenvalue weighted by molar-refractivity contribution is 0.102. The average Bonchev–Trinajstić information content (AvgIpc) is 2.89. The molecular weight excluding hydrogens is 428 g/mol. The largest absolute Gasteiger partial charge is 0.454 e. The molecule has 1 aliphatic rings. The maximum atomic E-state index is 12.2. The fraction of sp³-hybridized carbons (Fsp3) is 0.0714. The maximum Gasteiger partial charge on any atom is 0.255 e. The van der Waals surface area contributed by atoms with E-state index in [-0.39, 0.29) is 12.7 Å². The van der Waals surface area contributed by atoms with Crippen molar-refractivity contribution in [3.8, 4) is 11.5 Å². The van der Waals surface area contributed by atoms with Crippen molar-refractivity contribution in [2.24, 2.45) is 0 Å². The number of benzene rings is 2. The summed E-state index contributed by atoms with van der Waals surface area (Å²) in [5.41, 5.74) is 0.912. The molecule has 0 bridgehead atoms. The highest BCUT2D eigenvalue weighted by Crippen LogP contribution is 2.39. The van der Waals surface area contributed by atoms with E-state index >= 15 is 0 Å². The van der Waals surface area contributed by atoms with Gasteiger partial charge in [0.2, 0.25) is 6.79 Å². The van der Waals surface area contributed by atoms with Crippen LogP contribution in [-0.2, 0) is 0 Å². The van der Waals surface area contributed by atoms with E-state index in [2.05, 4.69) is 27.9 Å². The van der Waals surface area contributed by atoms with Gasteiger partial charge in [0.1, 0.15) is 0 Å². The Morgan fingerprint density at radius 2 is 1.81 bits per heavy atom. The highest BCUT2D eigenvalue weighted by Gasteiger charge is 2.18. The summed E-state index contributed by atoms with van der Waals surface area (Å²) < 4.78 is 11.4. The van der Waals surface area contributed by atoms with E-state index in [0.717, 1.165) is 3.57 Å². The first-order valence-electron chi connectivity index (χ1n) is 5.90. The monoisotopic (exact) mass is 435 g/mol. The van der Waals surface area contributed by atoms with E-state index < -0.39 is 0 Å². The molecule has 1 amide bonds. The quantitative estimate of drug-likeness (QED) is 0.702. The first-order valence-corrected chi connectivity index (χ1v) is 7.73. The van der Waals surface area contributed by atoms with Gasteiger partial charge in [-0.2, -0.15) is 0 Å². The Kier molecular flexibility index (Phi) is 4.14. The second-order valence-electron chi connectivity index (χ2n) is 4.27. The van der Waals surface area contributed by atoms with Crippen molar-refractivity contribution in [2.75, 3.05) is 12.1 Å². The average molecular weight is 436 g/mol. The van der Waals surface area contributed by atoms with Crippen molar-refractivity contribution in [1.29, 1.82) is 0 Å². The number of carbonyl (C=O) groups excluding carboxylic acids is 1. The molecule has 0 fully saturated rings. The summed E-state index contributed by atoms with van der Waals surface area (Å²) in [4.78, 5) is 12.2. The van der Waals surface area contributed by atoms with Crippen molar-refractivity contribution in [3.63, 3.8) is 0 Å². The Morgan fingerprint density at radius 3 is 2.52 bits per heavy atom. The first-order chi connectivity index (χ1) is 10.0. The summed E-state index contributed by atoms with van der Waals surface area (Å²) in [5.74, 6) is 0.819. The molecule has 1 N–H and O–H groups in total. The molecule has 108 valence electrons. The smallest absolute Gasteiger partial charge is 0.255 e. The molecule has 1 heterocycles. The van der Waals surface area contributed by atoms with Gasteiger partial charge in [-0.1, -0.05) is 23.2 Å². The molecule has 2 aromatic rings. The molecule has 0 aliphatic carbocycles. The molecule has 0 saturated heterocycles. The Bertz CT molecular complexity index is 736. The highest BCUT2D eigenvalue weighted by molar-refractivity contribution is 14.1. The van der Waals surface area contributed by atoms with Gasteiger partial charge in [-0.25, -0.2) is 0 Å². The lowest BCUT2D eigenvalue weighted by atomic mass is 10.2. The predicted octanol–water partition coefficient (Wildman–Crippen LogP) is 4.58. The van der Waals surface area contributed by atoms with Gasteiger partial charge >= 0.3 is 0 Å². The lowest BCUT2D eigenvalue weighted by Gasteiger charge is -2.09. The highest BCUT2D eigenvalue weighted by atomic mass is 127. The van der Waals surface area contributed by atoms with E-state index in [1.54, 1.807) is 30.3 Å². The number of fused-ring (bicyclic) bond motifs is 1. The first kappa shape index (κ1) is 14.7. The third-order valence-corrected chi connectivity index (χ3v) is 4.78. The van der Waals surface area contributed by atoms with Gasteiger partial charge in [0.25, 0.3) is 5.91 Å². The molecule has 3 rings (SSSR count). The second kappa shape index (κ2) is 5.90. The van der Waals surface area contributed by atoms with Crippen LogP contribution in [0.25, 0.3) is 0 Å². The van der Waals surface area contributed by atoms with Gasteiger partial charge in [0.05, 0.1) is 15.7 Å². The van der Waals surface area contributed by atoms with Crippen LogP contribution in [-0.4, -0.2) is 12.7 Å². The maximum absolute atomic E-state index is 12.2. The predicted molar refractivity (Wildman–Crippen MR) is 89.7 cm³/mol. The number of rotatable bonds is 2. The van der Waals surface area contributed by atoms with Gasteiger partial charge < -0.3 is 14.8 Å². The molecule has 0 atom stereocenters. The Hall–Kier alpha value is -1.18. The summed E-state index contributed by atoms with van der Waals surface area (Å²) in [5, 5.41) is 3.64. The Morgan fingerprint density at radius 1 is 1.10 bits per heavy atom. The third kappa shape index (κ3) is 3.04. The van der Waals surface area contributed by atoms with Crippen LogP contribution < -0.4 is 14.8 Å². The molecule has 0 radical (unpaired) electrons. The zero-order valence-corrected chi connectivity index (χ0v) is 14.1. The number of amides is 1. The molecule has 0 saturated carbocycles. The van der Waals surface area contributed by atoms with E-state index in [1.807, 2.05) is 0 Å². The van der Waals surface area contributed by atoms with Crippen LogP contribution in [0.4, 0.5) is 5.69 Å². The number of halogens is 3. The van der Waals surface area contributed by atoms with Crippen LogP contribution in [0, 0.1) is 3.57 Å². The van der Waals surface area contributed by atoms with E-state index in [9.17, 15) is 4.79 Å². The van der Waals surface area contributed by atoms with Crippen LogP contribution in [0.2, 0.25) is 10.0 Å². The van der Waals surface area contributed by atoms with E-state index in [0.29, 0.717) is 32.8 Å². The number of ether oxygens (including phenoxy) is 2. The zero-order valence-electron chi connectivity index (χ0n) is 10.5. The van der Waals surface area contributed by atoms with Gasteiger partial charge in [-0.15, -0.1) is 0 Å². The molecule has 2 aromatic carbocycles. The third-order valence-electron chi connectivity index (χ3n) is 2.89. The minimum atomic E-state index is -0.297. The normalized spacial score (nSPS) is 12.3. The van der Waals surface area contributed by atoms with Crippen LogP contribution in [0.15, 0.2) is 30.3 Å². The molecule has 4 nitrogen and oxygen atoms in total. The number of anilines is 1. The number of hydrogen-bond acceptors (Lipinski definition) is 3. The molecular formula is C14H8Cl2INO3. The van der Waals surface area contributed by atoms with Crippen molar-refractivity contribution in [2.45, 2.75) is 0 Å². The van der Waals surface area contributed by atoms with E-state index in [4.69, 9.17) is 32.7 Å². The molecule has 0 aromatic heterocycles. The SMILES string of the molecule is O=C(Nc1cc2c(cc1Cl)OCO2)c1ccc(I)c(Cl)c1. The fourth-order valence-electron chi connectivity index (χ4n) is 1.84. The summed E-state index contributed by atoms with van der Waals surface area (Å²) in [6.45, 7) is 0.149. The van der Waals surface area contributed by atoms with Crippen LogP contribution in [0.5, 0.6) is 11.5 Å². The van der Waals surface area contributed by atoms with E-state index in [1.165, 1.54) is 0 Å². The van der Waals surface area contributed by atoms with Gasteiger partial charge in [-0.3, -0.25) is 4.79 Å². The van der Waals surface area contributed by atoms with Crippen LogP contribution in [0.1, 0.15) is 10.4 Å². The summed E-state index contributed by atoms with van der Waals surface area (Å²) >= 11 is 14.2. The lowest BCUT2D eigenvalue weighted by Crippen LogP contribution is -2.12. The molecule has 21 heavy (non-hydrogen) atoms. The second-order valence-corrected chi connectivity index (χ2v) is 6.24. The van der Waals surface area contributed by atoms with Crippen molar-refractivity contribution >= 4 is 57.4 Å². The topological polar surface area (TPSA) is 47.6 Å².